The van der Waals surface area contributed by atoms with E-state index in [1.54, 1.807) is 7.11 Å². The molecule has 21 heavy (non-hydrogen) atoms. The van der Waals surface area contributed by atoms with Crippen LogP contribution in [0.5, 0.6) is 5.75 Å². The Morgan fingerprint density at radius 3 is 2.57 bits per heavy atom. The van der Waals surface area contributed by atoms with Gasteiger partial charge in [-0.15, -0.1) is 0 Å². The van der Waals surface area contributed by atoms with Gasteiger partial charge >= 0.3 is 0 Å². The van der Waals surface area contributed by atoms with E-state index in [-0.39, 0.29) is 0 Å². The minimum Gasteiger partial charge on any atom is -0.496 e. The fourth-order valence-electron chi connectivity index (χ4n) is 2.02. The largest absolute Gasteiger partial charge is 0.496 e. The summed E-state index contributed by atoms with van der Waals surface area (Å²) in [5.74, 6) is 0.860. The van der Waals surface area contributed by atoms with Gasteiger partial charge in [-0.2, -0.15) is 0 Å². The molecule has 0 radical (unpaired) electrons. The minimum absolute atomic E-state index is 0.601. The van der Waals surface area contributed by atoms with Crippen molar-refractivity contribution in [3.8, 4) is 5.75 Å². The second-order valence-corrected chi connectivity index (χ2v) is 5.33. The Morgan fingerprint density at radius 2 is 1.86 bits per heavy atom. The molecule has 0 saturated carbocycles. The van der Waals surface area contributed by atoms with Crippen LogP contribution in [0.3, 0.4) is 0 Å². The van der Waals surface area contributed by atoms with Crippen molar-refractivity contribution in [2.45, 2.75) is 20.4 Å². The SMILES string of the molecule is COc1ccccc1CNC(=S)Nc1ccc(C)c(C)c1. The maximum absolute atomic E-state index is 5.33. The zero-order valence-corrected chi connectivity index (χ0v) is 13.4. The zero-order chi connectivity index (χ0) is 15.2. The molecule has 4 heteroatoms. The molecule has 0 spiro atoms. The predicted molar refractivity (Wildman–Crippen MR) is 92.0 cm³/mol. The van der Waals surface area contributed by atoms with E-state index >= 15 is 0 Å². The first kappa shape index (κ1) is 15.3. The Morgan fingerprint density at radius 1 is 1.10 bits per heavy atom. The number of rotatable bonds is 4. The maximum atomic E-state index is 5.33. The highest BCUT2D eigenvalue weighted by Crippen LogP contribution is 2.17. The third kappa shape index (κ3) is 4.20. The first-order chi connectivity index (χ1) is 10.1. The van der Waals surface area contributed by atoms with E-state index in [2.05, 4.69) is 36.6 Å². The standard InChI is InChI=1S/C17H20N2OS/c1-12-8-9-15(10-13(12)2)19-17(21)18-11-14-6-4-5-7-16(14)20-3/h4-10H,11H2,1-3H3,(H2,18,19,21). The molecule has 0 aliphatic heterocycles. The number of hydrogen-bond acceptors (Lipinski definition) is 2. The van der Waals surface area contributed by atoms with E-state index in [4.69, 9.17) is 17.0 Å². The Kier molecular flexibility index (Phi) is 5.17. The van der Waals surface area contributed by atoms with Gasteiger partial charge in [-0.3, -0.25) is 0 Å². The molecule has 0 atom stereocenters. The molecule has 0 aliphatic carbocycles. The Hall–Kier alpha value is -2.07. The molecule has 0 fully saturated rings. The van der Waals surface area contributed by atoms with Crippen molar-refractivity contribution in [2.75, 3.05) is 12.4 Å². The summed E-state index contributed by atoms with van der Waals surface area (Å²) in [5, 5.41) is 6.99. The first-order valence-corrected chi connectivity index (χ1v) is 7.25. The third-order valence-electron chi connectivity index (χ3n) is 3.40. The molecule has 3 nitrogen and oxygen atoms in total. The quantitative estimate of drug-likeness (QED) is 0.842. The zero-order valence-electron chi connectivity index (χ0n) is 12.6. The highest BCUT2D eigenvalue weighted by Gasteiger charge is 2.03. The number of ether oxygens (including phenoxy) is 1. The van der Waals surface area contributed by atoms with E-state index in [1.165, 1.54) is 11.1 Å². The average molecular weight is 300 g/mol. The molecule has 0 unspecified atom stereocenters. The van der Waals surface area contributed by atoms with E-state index in [0.29, 0.717) is 11.7 Å². The summed E-state index contributed by atoms with van der Waals surface area (Å²) in [6.45, 7) is 4.81. The fourth-order valence-corrected chi connectivity index (χ4v) is 2.21. The van der Waals surface area contributed by atoms with E-state index in [9.17, 15) is 0 Å². The second-order valence-electron chi connectivity index (χ2n) is 4.92. The summed E-state index contributed by atoms with van der Waals surface area (Å²) >= 11 is 5.33. The summed E-state index contributed by atoms with van der Waals surface area (Å²) < 4.78 is 5.32. The van der Waals surface area contributed by atoms with Crippen LogP contribution in [0.2, 0.25) is 0 Å². The smallest absolute Gasteiger partial charge is 0.171 e. The lowest BCUT2D eigenvalue weighted by Crippen LogP contribution is -2.28. The van der Waals surface area contributed by atoms with Gasteiger partial charge in [0.25, 0.3) is 0 Å². The molecule has 0 bridgehead atoms. The van der Waals surface area contributed by atoms with Gasteiger partial charge in [0, 0.05) is 17.8 Å². The third-order valence-corrected chi connectivity index (χ3v) is 3.64. The molecule has 0 aromatic heterocycles. The van der Waals surface area contributed by atoms with E-state index < -0.39 is 0 Å². The summed E-state index contributed by atoms with van der Waals surface area (Å²) in [5.41, 5.74) is 4.58. The molecule has 2 aromatic rings. The van der Waals surface area contributed by atoms with Crippen molar-refractivity contribution >= 4 is 23.0 Å². The van der Waals surface area contributed by atoms with Crippen LogP contribution in [0, 0.1) is 13.8 Å². The average Bonchev–Trinajstić information content (AvgIpc) is 2.49. The second kappa shape index (κ2) is 7.09. The minimum atomic E-state index is 0.601. The maximum Gasteiger partial charge on any atom is 0.171 e. The van der Waals surface area contributed by atoms with Crippen molar-refractivity contribution in [3.63, 3.8) is 0 Å². The molecule has 2 aromatic carbocycles. The van der Waals surface area contributed by atoms with Crippen LogP contribution in [-0.4, -0.2) is 12.2 Å². The van der Waals surface area contributed by atoms with Crippen molar-refractivity contribution in [2.24, 2.45) is 0 Å². The summed E-state index contributed by atoms with van der Waals surface area (Å²) in [4.78, 5) is 0. The lowest BCUT2D eigenvalue weighted by molar-refractivity contribution is 0.409. The monoisotopic (exact) mass is 300 g/mol. The number of thiocarbonyl (C=S) groups is 1. The van der Waals surface area contributed by atoms with E-state index in [0.717, 1.165) is 17.0 Å². The summed E-state index contributed by atoms with van der Waals surface area (Å²) in [7, 11) is 1.67. The van der Waals surface area contributed by atoms with Crippen molar-refractivity contribution < 1.29 is 4.74 Å². The van der Waals surface area contributed by atoms with Crippen LogP contribution in [-0.2, 0) is 6.54 Å². The van der Waals surface area contributed by atoms with Crippen molar-refractivity contribution in [1.29, 1.82) is 0 Å². The number of aryl methyl sites for hydroxylation is 2. The Bertz CT molecular complexity index is 640. The van der Waals surface area contributed by atoms with Gasteiger partial charge in [-0.25, -0.2) is 0 Å². The lowest BCUT2D eigenvalue weighted by Gasteiger charge is -2.13. The molecular weight excluding hydrogens is 280 g/mol. The Labute approximate surface area is 131 Å². The lowest BCUT2D eigenvalue weighted by atomic mass is 10.1. The molecule has 110 valence electrons. The highest BCUT2D eigenvalue weighted by molar-refractivity contribution is 7.80. The van der Waals surface area contributed by atoms with Crippen LogP contribution in [0.15, 0.2) is 42.5 Å². The predicted octanol–water partition coefficient (Wildman–Crippen LogP) is 3.80. The molecule has 0 saturated heterocycles. The van der Waals surface area contributed by atoms with Crippen molar-refractivity contribution in [3.05, 3.63) is 59.2 Å². The number of methoxy groups -OCH3 is 1. The van der Waals surface area contributed by atoms with Crippen molar-refractivity contribution in [1.82, 2.24) is 5.32 Å². The van der Waals surface area contributed by atoms with Gasteiger partial charge in [0.05, 0.1) is 7.11 Å². The van der Waals surface area contributed by atoms with Gasteiger partial charge < -0.3 is 15.4 Å². The number of benzene rings is 2. The topological polar surface area (TPSA) is 33.3 Å². The molecular formula is C17H20N2OS. The van der Waals surface area contributed by atoms with Crippen LogP contribution >= 0.6 is 12.2 Å². The Balaban J connectivity index is 1.94. The summed E-state index contributed by atoms with van der Waals surface area (Å²) in [6.07, 6.45) is 0. The van der Waals surface area contributed by atoms with Crippen LogP contribution in [0.1, 0.15) is 16.7 Å². The van der Waals surface area contributed by atoms with E-state index in [1.807, 2.05) is 30.3 Å². The van der Waals surface area contributed by atoms with Crippen LogP contribution in [0.4, 0.5) is 5.69 Å². The summed E-state index contributed by atoms with van der Waals surface area (Å²) in [6, 6.07) is 14.1. The normalized spacial score (nSPS) is 10.0. The number of hydrogen-bond donors (Lipinski definition) is 2. The fraction of sp³-hybridized carbons (Fsp3) is 0.235. The number of para-hydroxylation sites is 1. The molecule has 0 heterocycles. The van der Waals surface area contributed by atoms with Crippen LogP contribution in [0.25, 0.3) is 0 Å². The molecule has 2 N–H and O–H groups in total. The number of nitrogens with one attached hydrogen (secondary N) is 2. The molecule has 0 aliphatic rings. The van der Waals surface area contributed by atoms with Gasteiger partial charge in [0.15, 0.2) is 5.11 Å². The van der Waals surface area contributed by atoms with Gasteiger partial charge in [0.1, 0.15) is 5.75 Å². The van der Waals surface area contributed by atoms with Gasteiger partial charge in [-0.05, 0) is 55.4 Å². The highest BCUT2D eigenvalue weighted by atomic mass is 32.1. The molecule has 0 amide bonds. The van der Waals surface area contributed by atoms with Gasteiger partial charge in [0.2, 0.25) is 0 Å². The molecule has 2 rings (SSSR count). The van der Waals surface area contributed by atoms with Gasteiger partial charge in [-0.1, -0.05) is 24.3 Å². The van der Waals surface area contributed by atoms with Crippen LogP contribution < -0.4 is 15.4 Å². The first-order valence-electron chi connectivity index (χ1n) is 6.84. The number of anilines is 1.